The summed E-state index contributed by atoms with van der Waals surface area (Å²) >= 11 is 0. The smallest absolute Gasteiger partial charge is 0.410 e. The molecule has 0 aromatic rings. The number of carbonyl (C=O) groups excluding carboxylic acids is 2. The number of fused-ring (bicyclic) bond motifs is 1. The number of nitrogens with one attached hydrogen (secondary N) is 1. The third kappa shape index (κ3) is 4.52. The molecule has 2 N–H and O–H groups in total. The van der Waals surface area contributed by atoms with Crippen LogP contribution in [0.1, 0.15) is 52.9 Å². The van der Waals surface area contributed by atoms with E-state index in [1.807, 2.05) is 0 Å². The van der Waals surface area contributed by atoms with Crippen LogP contribution in [-0.4, -0.2) is 36.0 Å². The zero-order valence-corrected chi connectivity index (χ0v) is 15.0. The van der Waals surface area contributed by atoms with Crippen molar-refractivity contribution in [3.8, 4) is 0 Å². The van der Waals surface area contributed by atoms with Gasteiger partial charge in [-0.1, -0.05) is 25.5 Å². The normalized spacial score (nSPS) is 28.2. The van der Waals surface area contributed by atoms with Crippen LogP contribution in [0.3, 0.4) is 0 Å². The number of carboxylic acids is 1. The Morgan fingerprint density at radius 2 is 2.08 bits per heavy atom. The number of esters is 1. The van der Waals surface area contributed by atoms with Gasteiger partial charge < -0.3 is 19.9 Å². The Hall–Kier alpha value is -2.05. The maximum atomic E-state index is 11.9. The second-order valence-corrected chi connectivity index (χ2v) is 6.98. The molecule has 0 bridgehead atoms. The second-order valence-electron chi connectivity index (χ2n) is 6.98. The molecule has 4 atom stereocenters. The molecule has 25 heavy (non-hydrogen) atoms. The molecule has 0 radical (unpaired) electrons. The molecule has 0 heterocycles. The summed E-state index contributed by atoms with van der Waals surface area (Å²) in [6, 6.07) is 0. The first-order chi connectivity index (χ1) is 11.8. The number of rotatable bonds is 8. The Kier molecular flexibility index (Phi) is 6.08. The van der Waals surface area contributed by atoms with Gasteiger partial charge in [0, 0.05) is 25.3 Å². The van der Waals surface area contributed by atoms with Gasteiger partial charge in [0.15, 0.2) is 0 Å². The Morgan fingerprint density at radius 3 is 2.68 bits per heavy atom. The highest BCUT2D eigenvalue weighted by molar-refractivity contribution is 5.71. The van der Waals surface area contributed by atoms with Gasteiger partial charge in [-0.2, -0.15) is 0 Å². The van der Waals surface area contributed by atoms with Crippen molar-refractivity contribution in [3.05, 3.63) is 11.6 Å². The summed E-state index contributed by atoms with van der Waals surface area (Å²) in [6.07, 6.45) is 3.51. The zero-order chi connectivity index (χ0) is 18.6. The van der Waals surface area contributed by atoms with Crippen molar-refractivity contribution >= 4 is 18.0 Å². The standard InChI is InChI=1S/C18H27NO6/c1-4-12-6-13-8-18(9-15(20)21,14(13)7-12)10-19-17(23)25-11(3)24-16(22)5-2/h7,11,13-14H,4-6,8-10H2,1-3H3,(H,19,23)(H,20,21)/t11-,13-,14+,18+/m1/s1. The van der Waals surface area contributed by atoms with E-state index in [0.29, 0.717) is 5.92 Å². The van der Waals surface area contributed by atoms with Crippen molar-refractivity contribution in [1.29, 1.82) is 0 Å². The summed E-state index contributed by atoms with van der Waals surface area (Å²) in [4.78, 5) is 34.4. The van der Waals surface area contributed by atoms with Gasteiger partial charge in [0.05, 0.1) is 6.42 Å². The van der Waals surface area contributed by atoms with Crippen molar-refractivity contribution in [2.45, 2.75) is 59.2 Å². The molecule has 2 aliphatic rings. The number of amides is 1. The topological polar surface area (TPSA) is 102 Å². The van der Waals surface area contributed by atoms with Crippen LogP contribution in [-0.2, 0) is 19.1 Å². The predicted molar refractivity (Wildman–Crippen MR) is 89.6 cm³/mol. The highest BCUT2D eigenvalue weighted by atomic mass is 16.7. The number of hydrogen-bond donors (Lipinski definition) is 2. The van der Waals surface area contributed by atoms with E-state index >= 15 is 0 Å². The van der Waals surface area contributed by atoms with Crippen LogP contribution in [0.2, 0.25) is 0 Å². The maximum absolute atomic E-state index is 11.9. The maximum Gasteiger partial charge on any atom is 0.410 e. The average molecular weight is 353 g/mol. The predicted octanol–water partition coefficient (Wildman–Crippen LogP) is 2.85. The summed E-state index contributed by atoms with van der Waals surface area (Å²) in [5.41, 5.74) is 0.903. The van der Waals surface area contributed by atoms with Gasteiger partial charge in [0.25, 0.3) is 0 Å². The number of hydrogen-bond acceptors (Lipinski definition) is 5. The van der Waals surface area contributed by atoms with Gasteiger partial charge in [-0.15, -0.1) is 0 Å². The second kappa shape index (κ2) is 7.89. The molecule has 140 valence electrons. The molecule has 7 heteroatoms. The average Bonchev–Trinajstić information content (AvgIpc) is 2.88. The van der Waals surface area contributed by atoms with Gasteiger partial charge in [-0.05, 0) is 31.1 Å². The van der Waals surface area contributed by atoms with Crippen LogP contribution in [0.4, 0.5) is 4.79 Å². The van der Waals surface area contributed by atoms with Crippen LogP contribution in [0.5, 0.6) is 0 Å². The number of carboxylic acid groups (broad SMARTS) is 1. The molecule has 1 amide bonds. The van der Waals surface area contributed by atoms with E-state index < -0.39 is 29.7 Å². The minimum absolute atomic E-state index is 0.0162. The number of allylic oxidation sites excluding steroid dienone is 2. The summed E-state index contributed by atoms with van der Waals surface area (Å²) < 4.78 is 9.87. The monoisotopic (exact) mass is 353 g/mol. The first-order valence-corrected chi connectivity index (χ1v) is 8.85. The molecule has 0 saturated heterocycles. The van der Waals surface area contributed by atoms with E-state index in [2.05, 4.69) is 18.3 Å². The van der Waals surface area contributed by atoms with Crippen LogP contribution >= 0.6 is 0 Å². The highest BCUT2D eigenvalue weighted by Crippen LogP contribution is 2.59. The van der Waals surface area contributed by atoms with Gasteiger partial charge in [0.2, 0.25) is 6.29 Å². The minimum Gasteiger partial charge on any atom is -0.481 e. The summed E-state index contributed by atoms with van der Waals surface area (Å²) in [7, 11) is 0. The molecule has 0 aliphatic heterocycles. The number of carbonyl (C=O) groups is 3. The Bertz CT molecular complexity index is 572. The van der Waals surface area contributed by atoms with E-state index in [9.17, 15) is 19.5 Å². The molecule has 1 saturated carbocycles. The first-order valence-electron chi connectivity index (χ1n) is 8.85. The lowest BCUT2D eigenvalue weighted by molar-refractivity contribution is -0.164. The molecule has 0 unspecified atom stereocenters. The van der Waals surface area contributed by atoms with Gasteiger partial charge in [-0.25, -0.2) is 4.79 Å². The molecule has 2 aliphatic carbocycles. The molecule has 1 fully saturated rings. The molecule has 0 aromatic heterocycles. The quantitative estimate of drug-likeness (QED) is 0.395. The summed E-state index contributed by atoms with van der Waals surface area (Å²) in [5.74, 6) is -0.643. The van der Waals surface area contributed by atoms with E-state index in [1.54, 1.807) is 6.92 Å². The Morgan fingerprint density at radius 1 is 1.36 bits per heavy atom. The molecule has 0 aromatic carbocycles. The lowest BCUT2D eigenvalue weighted by atomic mass is 9.53. The zero-order valence-electron chi connectivity index (χ0n) is 15.0. The van der Waals surface area contributed by atoms with Crippen molar-refractivity contribution < 1.29 is 29.0 Å². The van der Waals surface area contributed by atoms with Crippen LogP contribution in [0, 0.1) is 17.3 Å². The van der Waals surface area contributed by atoms with Gasteiger partial charge in [-0.3, -0.25) is 9.59 Å². The van der Waals surface area contributed by atoms with Gasteiger partial charge >= 0.3 is 18.0 Å². The van der Waals surface area contributed by atoms with E-state index in [0.717, 1.165) is 19.3 Å². The lowest BCUT2D eigenvalue weighted by Crippen LogP contribution is -2.53. The van der Waals surface area contributed by atoms with Crippen molar-refractivity contribution in [2.24, 2.45) is 17.3 Å². The Labute approximate surface area is 147 Å². The molecule has 0 spiro atoms. The van der Waals surface area contributed by atoms with Crippen LogP contribution < -0.4 is 5.32 Å². The highest BCUT2D eigenvalue weighted by Gasteiger charge is 2.55. The Balaban J connectivity index is 1.91. The van der Waals surface area contributed by atoms with Crippen molar-refractivity contribution in [2.75, 3.05) is 6.54 Å². The SMILES string of the molecule is CCC(=O)O[C@@H](C)OC(=O)NC[C@@]1(CC(=O)O)C[C@H]2CC(CC)=C[C@@H]21. The number of alkyl carbamates (subject to hydrolysis) is 1. The van der Waals surface area contributed by atoms with E-state index in [4.69, 9.17) is 9.47 Å². The molecular formula is C18H27NO6. The van der Waals surface area contributed by atoms with Crippen molar-refractivity contribution in [3.63, 3.8) is 0 Å². The fourth-order valence-electron chi connectivity index (χ4n) is 4.03. The molecule has 2 rings (SSSR count). The van der Waals surface area contributed by atoms with Crippen LogP contribution in [0.25, 0.3) is 0 Å². The van der Waals surface area contributed by atoms with E-state index in [1.165, 1.54) is 12.5 Å². The van der Waals surface area contributed by atoms with E-state index in [-0.39, 0.29) is 25.3 Å². The third-order valence-electron chi connectivity index (χ3n) is 5.22. The number of aliphatic carboxylic acids is 1. The molecular weight excluding hydrogens is 326 g/mol. The number of ether oxygens (including phenoxy) is 2. The largest absolute Gasteiger partial charge is 0.481 e. The van der Waals surface area contributed by atoms with Crippen molar-refractivity contribution in [1.82, 2.24) is 5.32 Å². The summed E-state index contributed by atoms with van der Waals surface area (Å²) in [5, 5.41) is 11.9. The lowest BCUT2D eigenvalue weighted by Gasteiger charge is -2.51. The fourth-order valence-corrected chi connectivity index (χ4v) is 4.03. The first kappa shape index (κ1) is 19.3. The van der Waals surface area contributed by atoms with Gasteiger partial charge in [0.1, 0.15) is 0 Å². The summed E-state index contributed by atoms with van der Waals surface area (Å²) in [6.45, 7) is 5.45. The third-order valence-corrected chi connectivity index (χ3v) is 5.22. The molecule has 7 nitrogen and oxygen atoms in total. The van der Waals surface area contributed by atoms with Crippen LogP contribution in [0.15, 0.2) is 11.6 Å². The minimum atomic E-state index is -0.977. The fraction of sp³-hybridized carbons (Fsp3) is 0.722.